The van der Waals surface area contributed by atoms with Crippen LogP contribution in [0.5, 0.6) is 0 Å². The fraction of sp³-hybridized carbons (Fsp3) is 0.333. The fourth-order valence-corrected chi connectivity index (χ4v) is 2.36. The zero-order chi connectivity index (χ0) is 13.8. The molecule has 4 heteroatoms. The Balaban J connectivity index is 2.18. The Morgan fingerprint density at radius 2 is 2.11 bits per heavy atom. The highest BCUT2D eigenvalue weighted by Gasteiger charge is 2.16. The Morgan fingerprint density at radius 3 is 2.68 bits per heavy atom. The van der Waals surface area contributed by atoms with E-state index in [1.807, 2.05) is 37.3 Å². The van der Waals surface area contributed by atoms with Crippen molar-refractivity contribution >= 4 is 11.6 Å². The number of halogens is 1. The summed E-state index contributed by atoms with van der Waals surface area (Å²) in [5, 5.41) is 0.766. The quantitative estimate of drug-likeness (QED) is 0.650. The Labute approximate surface area is 118 Å². The fourth-order valence-electron chi connectivity index (χ4n) is 2.05. The van der Waals surface area contributed by atoms with E-state index in [1.165, 1.54) is 0 Å². The topological polar surface area (TPSA) is 51.2 Å². The minimum Gasteiger partial charge on any atom is -0.464 e. The first-order valence-electron chi connectivity index (χ1n) is 6.43. The molecule has 1 unspecified atom stereocenters. The van der Waals surface area contributed by atoms with Crippen LogP contribution in [-0.4, -0.2) is 0 Å². The molecule has 0 aliphatic rings. The van der Waals surface area contributed by atoms with E-state index in [-0.39, 0.29) is 6.04 Å². The Hall–Kier alpha value is -1.29. The second kappa shape index (κ2) is 6.24. The molecule has 0 amide bonds. The first kappa shape index (κ1) is 14.1. The molecule has 1 atom stereocenters. The van der Waals surface area contributed by atoms with Gasteiger partial charge in [-0.15, -0.1) is 0 Å². The van der Waals surface area contributed by atoms with Crippen LogP contribution in [-0.2, 0) is 12.8 Å². The Morgan fingerprint density at radius 1 is 1.32 bits per heavy atom. The van der Waals surface area contributed by atoms with E-state index in [4.69, 9.17) is 21.9 Å². The molecule has 0 spiro atoms. The van der Waals surface area contributed by atoms with Crippen molar-refractivity contribution in [3.63, 3.8) is 0 Å². The molecule has 0 aliphatic carbocycles. The van der Waals surface area contributed by atoms with Gasteiger partial charge in [0.1, 0.15) is 11.5 Å². The third-order valence-electron chi connectivity index (χ3n) is 3.21. The summed E-state index contributed by atoms with van der Waals surface area (Å²) in [5.41, 5.74) is 5.00. The molecule has 3 N–H and O–H groups in total. The molecule has 2 aromatic rings. The molecule has 19 heavy (non-hydrogen) atoms. The smallest absolute Gasteiger partial charge is 0.122 e. The van der Waals surface area contributed by atoms with E-state index in [2.05, 4.69) is 12.3 Å². The average Bonchev–Trinajstić information content (AvgIpc) is 2.86. The number of nitrogens with one attached hydrogen (secondary N) is 1. The molecule has 1 aromatic carbocycles. The van der Waals surface area contributed by atoms with Crippen molar-refractivity contribution in [2.75, 3.05) is 0 Å². The van der Waals surface area contributed by atoms with Crippen molar-refractivity contribution in [1.29, 1.82) is 0 Å². The second-order valence-corrected chi connectivity index (χ2v) is 5.08. The number of aryl methyl sites for hydroxylation is 2. The van der Waals surface area contributed by atoms with Gasteiger partial charge in [-0.2, -0.15) is 0 Å². The summed E-state index contributed by atoms with van der Waals surface area (Å²) in [7, 11) is 0. The Kier molecular flexibility index (Phi) is 4.64. The third-order valence-corrected chi connectivity index (χ3v) is 3.56. The number of hydrogen-bond donors (Lipinski definition) is 2. The summed E-state index contributed by atoms with van der Waals surface area (Å²) < 4.78 is 5.74. The van der Waals surface area contributed by atoms with Crippen LogP contribution in [0.15, 0.2) is 34.7 Å². The predicted molar refractivity (Wildman–Crippen MR) is 78.0 cm³/mol. The lowest BCUT2D eigenvalue weighted by molar-refractivity contribution is 0.396. The monoisotopic (exact) mass is 278 g/mol. The van der Waals surface area contributed by atoms with E-state index in [0.717, 1.165) is 34.1 Å². The lowest BCUT2D eigenvalue weighted by Gasteiger charge is -2.14. The van der Waals surface area contributed by atoms with Crippen molar-refractivity contribution < 1.29 is 4.42 Å². The van der Waals surface area contributed by atoms with Gasteiger partial charge in [0.05, 0.1) is 6.04 Å². The molecule has 3 nitrogen and oxygen atoms in total. The minimum atomic E-state index is -0.0690. The normalized spacial score (nSPS) is 12.6. The van der Waals surface area contributed by atoms with Crippen molar-refractivity contribution in [2.45, 2.75) is 32.7 Å². The van der Waals surface area contributed by atoms with Crippen LogP contribution in [0.25, 0.3) is 0 Å². The molecule has 0 saturated carbocycles. The Bertz CT molecular complexity index is 551. The number of furan rings is 1. The minimum absolute atomic E-state index is 0.0690. The zero-order valence-electron chi connectivity index (χ0n) is 11.2. The zero-order valence-corrected chi connectivity index (χ0v) is 12.0. The molecule has 0 fully saturated rings. The maximum atomic E-state index is 6.25. The number of nitrogens with two attached hydrogens (primary N) is 1. The third kappa shape index (κ3) is 3.38. The molecular formula is C15H19ClN2O. The largest absolute Gasteiger partial charge is 0.464 e. The summed E-state index contributed by atoms with van der Waals surface area (Å²) in [6, 6.07) is 9.92. The van der Waals surface area contributed by atoms with E-state index in [0.29, 0.717) is 6.42 Å². The van der Waals surface area contributed by atoms with Crippen molar-refractivity contribution in [1.82, 2.24) is 5.43 Å². The molecule has 0 saturated heterocycles. The van der Waals surface area contributed by atoms with Crippen LogP contribution < -0.4 is 11.3 Å². The van der Waals surface area contributed by atoms with Gasteiger partial charge in [-0.1, -0.05) is 30.7 Å². The summed E-state index contributed by atoms with van der Waals surface area (Å²) >= 11 is 6.25. The predicted octanol–water partition coefficient (Wildman–Crippen LogP) is 3.55. The number of hydrogen-bond acceptors (Lipinski definition) is 3. The molecule has 1 aromatic heterocycles. The second-order valence-electron chi connectivity index (χ2n) is 4.68. The van der Waals surface area contributed by atoms with Gasteiger partial charge in [0.25, 0.3) is 0 Å². The lowest BCUT2D eigenvalue weighted by Crippen LogP contribution is -2.29. The molecular weight excluding hydrogens is 260 g/mol. The molecule has 0 radical (unpaired) electrons. The van der Waals surface area contributed by atoms with Gasteiger partial charge in [-0.25, -0.2) is 5.43 Å². The van der Waals surface area contributed by atoms with Crippen LogP contribution in [0.2, 0.25) is 5.02 Å². The summed E-state index contributed by atoms with van der Waals surface area (Å²) in [5.74, 6) is 7.44. The summed E-state index contributed by atoms with van der Waals surface area (Å²) in [6.07, 6.45) is 1.58. The van der Waals surface area contributed by atoms with E-state index < -0.39 is 0 Å². The van der Waals surface area contributed by atoms with Crippen molar-refractivity contribution in [3.05, 3.63) is 58.0 Å². The molecule has 102 valence electrons. The van der Waals surface area contributed by atoms with Gasteiger partial charge in [0.2, 0.25) is 0 Å². The maximum Gasteiger partial charge on any atom is 0.122 e. The van der Waals surface area contributed by atoms with Gasteiger partial charge >= 0.3 is 0 Å². The molecule has 0 bridgehead atoms. The highest BCUT2D eigenvalue weighted by molar-refractivity contribution is 6.31. The van der Waals surface area contributed by atoms with E-state index in [1.54, 1.807) is 0 Å². The summed E-state index contributed by atoms with van der Waals surface area (Å²) in [6.45, 7) is 4.08. The van der Waals surface area contributed by atoms with E-state index >= 15 is 0 Å². The number of benzene rings is 1. The first-order valence-corrected chi connectivity index (χ1v) is 6.81. The highest BCUT2D eigenvalue weighted by Crippen LogP contribution is 2.25. The van der Waals surface area contributed by atoms with Gasteiger partial charge in [-0.3, -0.25) is 5.84 Å². The van der Waals surface area contributed by atoms with Crippen LogP contribution >= 0.6 is 11.6 Å². The van der Waals surface area contributed by atoms with Crippen LogP contribution in [0, 0.1) is 6.92 Å². The number of hydrazine groups is 1. The van der Waals surface area contributed by atoms with Crippen LogP contribution in [0.4, 0.5) is 0 Å². The van der Waals surface area contributed by atoms with Crippen LogP contribution in [0.1, 0.15) is 35.6 Å². The van der Waals surface area contributed by atoms with Gasteiger partial charge < -0.3 is 4.42 Å². The van der Waals surface area contributed by atoms with Crippen molar-refractivity contribution in [3.8, 4) is 0 Å². The lowest BCUT2D eigenvalue weighted by atomic mass is 10.0. The molecule has 1 heterocycles. The maximum absolute atomic E-state index is 6.25. The molecule has 2 rings (SSSR count). The van der Waals surface area contributed by atoms with Gasteiger partial charge in [0, 0.05) is 11.4 Å². The van der Waals surface area contributed by atoms with Crippen LogP contribution in [0.3, 0.4) is 0 Å². The number of rotatable bonds is 5. The summed E-state index contributed by atoms with van der Waals surface area (Å²) in [4.78, 5) is 0. The highest BCUT2D eigenvalue weighted by atomic mass is 35.5. The molecule has 0 aliphatic heterocycles. The standard InChI is InChI=1S/C15H19ClN2O/c1-3-12-6-7-15(19-12)14(18-17)9-11-5-4-10(2)8-13(11)16/h4-8,14,18H,3,9,17H2,1-2H3. The average molecular weight is 279 g/mol. The SMILES string of the molecule is CCc1ccc(C(Cc2ccc(C)cc2Cl)NN)o1. The van der Waals surface area contributed by atoms with Gasteiger partial charge in [0.15, 0.2) is 0 Å². The van der Waals surface area contributed by atoms with E-state index in [9.17, 15) is 0 Å². The van der Waals surface area contributed by atoms with Crippen molar-refractivity contribution in [2.24, 2.45) is 5.84 Å². The first-order chi connectivity index (χ1) is 9.13. The van der Waals surface area contributed by atoms with Gasteiger partial charge in [-0.05, 0) is 42.7 Å².